The predicted octanol–water partition coefficient (Wildman–Crippen LogP) is 2.65. The van der Waals surface area contributed by atoms with Crippen molar-refractivity contribution in [2.24, 2.45) is 5.92 Å². The van der Waals surface area contributed by atoms with Crippen LogP contribution in [0.25, 0.3) is 0 Å². The van der Waals surface area contributed by atoms with Gasteiger partial charge in [-0.3, -0.25) is 4.79 Å². The van der Waals surface area contributed by atoms with Gasteiger partial charge < -0.3 is 0 Å². The SMILES string of the molecule is [CH2]C(C)C(=O)c1ccc(C)cc1. The quantitative estimate of drug-likeness (QED) is 0.609. The molecule has 1 rings (SSSR count). The summed E-state index contributed by atoms with van der Waals surface area (Å²) < 4.78 is 0. The zero-order chi connectivity index (χ0) is 9.14. The lowest BCUT2D eigenvalue weighted by Gasteiger charge is -2.03. The van der Waals surface area contributed by atoms with Crippen molar-refractivity contribution < 1.29 is 4.79 Å². The molecule has 1 unspecified atom stereocenters. The molecule has 0 heterocycles. The molecule has 0 aliphatic heterocycles. The monoisotopic (exact) mass is 161 g/mol. The molecule has 0 fully saturated rings. The van der Waals surface area contributed by atoms with Crippen molar-refractivity contribution in [3.05, 3.63) is 42.3 Å². The Labute approximate surface area is 73.4 Å². The number of carbonyl (C=O) groups is 1. The Balaban J connectivity index is 2.90. The Bertz CT molecular complexity index is 270. The molecule has 1 aromatic rings. The molecule has 12 heavy (non-hydrogen) atoms. The first kappa shape index (κ1) is 8.98. The number of hydrogen-bond acceptors (Lipinski definition) is 1. The summed E-state index contributed by atoms with van der Waals surface area (Å²) in [5.74, 6) is -0.0530. The fourth-order valence-electron chi connectivity index (χ4n) is 1.00. The van der Waals surface area contributed by atoms with Crippen molar-refractivity contribution in [2.45, 2.75) is 13.8 Å². The zero-order valence-corrected chi connectivity index (χ0v) is 7.50. The normalized spacial score (nSPS) is 10.3. The highest BCUT2D eigenvalue weighted by molar-refractivity contribution is 5.97. The second-order valence-corrected chi connectivity index (χ2v) is 3.13. The fraction of sp³-hybridized carbons (Fsp3) is 0.273. The highest BCUT2D eigenvalue weighted by Gasteiger charge is 2.08. The van der Waals surface area contributed by atoms with Crippen molar-refractivity contribution in [3.63, 3.8) is 0 Å². The number of hydrogen-bond donors (Lipinski definition) is 0. The van der Waals surface area contributed by atoms with E-state index in [9.17, 15) is 4.79 Å². The summed E-state index contributed by atoms with van der Waals surface area (Å²) in [4.78, 5) is 11.4. The third-order valence-electron chi connectivity index (χ3n) is 1.78. The van der Waals surface area contributed by atoms with Crippen LogP contribution >= 0.6 is 0 Å². The van der Waals surface area contributed by atoms with E-state index in [-0.39, 0.29) is 11.7 Å². The van der Waals surface area contributed by atoms with Gasteiger partial charge in [-0.1, -0.05) is 36.8 Å². The molecule has 1 nitrogen and oxygen atoms in total. The lowest BCUT2D eigenvalue weighted by molar-refractivity contribution is 0.0952. The number of rotatable bonds is 2. The van der Waals surface area contributed by atoms with Gasteiger partial charge in [-0.2, -0.15) is 0 Å². The molecule has 1 aromatic carbocycles. The van der Waals surface area contributed by atoms with Crippen molar-refractivity contribution in [3.8, 4) is 0 Å². The van der Waals surface area contributed by atoms with E-state index in [1.165, 1.54) is 5.56 Å². The first-order valence-electron chi connectivity index (χ1n) is 4.05. The molecule has 1 heteroatoms. The number of aryl methyl sites for hydroxylation is 1. The number of ketones is 1. The lowest BCUT2D eigenvalue weighted by Crippen LogP contribution is -2.07. The maximum absolute atomic E-state index is 11.4. The van der Waals surface area contributed by atoms with Gasteiger partial charge >= 0.3 is 0 Å². The molecular weight excluding hydrogens is 148 g/mol. The van der Waals surface area contributed by atoms with E-state index in [0.29, 0.717) is 0 Å². The molecule has 0 aliphatic carbocycles. The van der Waals surface area contributed by atoms with Crippen molar-refractivity contribution in [2.75, 3.05) is 0 Å². The van der Waals surface area contributed by atoms with Gasteiger partial charge in [0.05, 0.1) is 0 Å². The molecule has 1 radical (unpaired) electrons. The summed E-state index contributed by atoms with van der Waals surface area (Å²) in [5, 5.41) is 0. The smallest absolute Gasteiger partial charge is 0.165 e. The highest BCUT2D eigenvalue weighted by atomic mass is 16.1. The van der Waals surface area contributed by atoms with Gasteiger partial charge in [0.15, 0.2) is 5.78 Å². The molecule has 0 spiro atoms. The molecular formula is C11H13O. The van der Waals surface area contributed by atoms with E-state index >= 15 is 0 Å². The maximum atomic E-state index is 11.4. The van der Waals surface area contributed by atoms with Crippen LogP contribution in [0.15, 0.2) is 24.3 Å². The van der Waals surface area contributed by atoms with Crippen LogP contribution in [0.5, 0.6) is 0 Å². The minimum absolute atomic E-state index is 0.106. The molecule has 0 bridgehead atoms. The largest absolute Gasteiger partial charge is 0.294 e. The average Bonchev–Trinajstić information content (AvgIpc) is 2.04. The number of carbonyl (C=O) groups excluding carboxylic acids is 1. The Hall–Kier alpha value is -1.11. The first-order valence-corrected chi connectivity index (χ1v) is 4.05. The second-order valence-electron chi connectivity index (χ2n) is 3.13. The van der Waals surface area contributed by atoms with E-state index in [1.54, 1.807) is 0 Å². The summed E-state index contributed by atoms with van der Waals surface area (Å²) in [7, 11) is 0. The minimum atomic E-state index is -0.160. The Morgan fingerprint density at radius 2 is 1.83 bits per heavy atom. The lowest BCUT2D eigenvalue weighted by atomic mass is 10.0. The van der Waals surface area contributed by atoms with E-state index in [0.717, 1.165) is 5.56 Å². The van der Waals surface area contributed by atoms with E-state index in [1.807, 2.05) is 38.1 Å². The molecule has 0 N–H and O–H groups in total. The van der Waals surface area contributed by atoms with Gasteiger partial charge in [0, 0.05) is 11.5 Å². The standard InChI is InChI=1S/C11H13O/c1-8(2)11(12)10-6-4-9(3)5-7-10/h4-8H,1H2,2-3H3. The fourth-order valence-corrected chi connectivity index (χ4v) is 1.00. The van der Waals surface area contributed by atoms with Crippen LogP contribution in [0.3, 0.4) is 0 Å². The summed E-state index contributed by atoms with van der Waals surface area (Å²) in [6.45, 7) is 7.50. The summed E-state index contributed by atoms with van der Waals surface area (Å²) in [6.07, 6.45) is 0. The van der Waals surface area contributed by atoms with Crippen LogP contribution in [0.1, 0.15) is 22.8 Å². The predicted molar refractivity (Wildman–Crippen MR) is 50.0 cm³/mol. The van der Waals surface area contributed by atoms with Gasteiger partial charge in [0.1, 0.15) is 0 Å². The van der Waals surface area contributed by atoms with Crippen LogP contribution in [0.2, 0.25) is 0 Å². The molecule has 0 aromatic heterocycles. The molecule has 1 atom stereocenters. The van der Waals surface area contributed by atoms with Gasteiger partial charge in [0.2, 0.25) is 0 Å². The maximum Gasteiger partial charge on any atom is 0.165 e. The topological polar surface area (TPSA) is 17.1 Å². The van der Waals surface area contributed by atoms with Crippen LogP contribution < -0.4 is 0 Å². The second kappa shape index (κ2) is 3.53. The highest BCUT2D eigenvalue weighted by Crippen LogP contribution is 2.08. The van der Waals surface area contributed by atoms with Gasteiger partial charge in [0.25, 0.3) is 0 Å². The van der Waals surface area contributed by atoms with Gasteiger partial charge in [-0.25, -0.2) is 0 Å². The van der Waals surface area contributed by atoms with Crippen LogP contribution in [0.4, 0.5) is 0 Å². The Morgan fingerprint density at radius 1 is 1.33 bits per heavy atom. The molecule has 0 saturated carbocycles. The third-order valence-corrected chi connectivity index (χ3v) is 1.78. The van der Waals surface area contributed by atoms with E-state index in [4.69, 9.17) is 0 Å². The molecule has 0 aliphatic rings. The van der Waals surface area contributed by atoms with Gasteiger partial charge in [-0.15, -0.1) is 0 Å². The Kier molecular flexibility index (Phi) is 2.64. The number of benzene rings is 1. The van der Waals surface area contributed by atoms with E-state index < -0.39 is 0 Å². The third kappa shape index (κ3) is 1.94. The van der Waals surface area contributed by atoms with Gasteiger partial charge in [-0.05, 0) is 13.8 Å². The van der Waals surface area contributed by atoms with Crippen LogP contribution in [0, 0.1) is 19.8 Å². The summed E-state index contributed by atoms with van der Waals surface area (Å²) in [6, 6.07) is 7.57. The van der Waals surface area contributed by atoms with E-state index in [2.05, 4.69) is 6.92 Å². The molecule has 63 valence electrons. The first-order chi connectivity index (χ1) is 5.61. The van der Waals surface area contributed by atoms with Crippen molar-refractivity contribution in [1.29, 1.82) is 0 Å². The zero-order valence-electron chi connectivity index (χ0n) is 7.50. The summed E-state index contributed by atoms with van der Waals surface area (Å²) >= 11 is 0. The average molecular weight is 161 g/mol. The summed E-state index contributed by atoms with van der Waals surface area (Å²) in [5.41, 5.74) is 1.92. The number of Topliss-reactive ketones (excluding diaryl/α,β-unsaturated/α-hetero) is 1. The van der Waals surface area contributed by atoms with Crippen LogP contribution in [-0.4, -0.2) is 5.78 Å². The van der Waals surface area contributed by atoms with Crippen molar-refractivity contribution in [1.82, 2.24) is 0 Å². The molecule has 0 saturated heterocycles. The Morgan fingerprint density at radius 3 is 2.25 bits per heavy atom. The minimum Gasteiger partial charge on any atom is -0.294 e. The van der Waals surface area contributed by atoms with Crippen LogP contribution in [-0.2, 0) is 0 Å². The molecule has 0 amide bonds. The van der Waals surface area contributed by atoms with Crippen molar-refractivity contribution >= 4 is 5.78 Å².